The van der Waals surface area contributed by atoms with Gasteiger partial charge in [-0.15, -0.1) is 0 Å². The first-order valence-corrected chi connectivity index (χ1v) is 11.8. The first kappa shape index (κ1) is 21.3. The molecule has 10 heteroatoms. The first-order chi connectivity index (χ1) is 15.4. The third kappa shape index (κ3) is 3.56. The van der Waals surface area contributed by atoms with E-state index < -0.39 is 22.3 Å². The number of fused-ring (bicyclic) bond motifs is 1. The van der Waals surface area contributed by atoms with Crippen molar-refractivity contribution in [2.45, 2.75) is 17.4 Å². The predicted octanol–water partition coefficient (Wildman–Crippen LogP) is 3.48. The lowest BCUT2D eigenvalue weighted by atomic mass is 10.1. The first-order valence-electron chi connectivity index (χ1n) is 10.4. The Hall–Kier alpha value is -2.56. The fourth-order valence-electron chi connectivity index (χ4n) is 4.40. The molecule has 0 bridgehead atoms. The lowest BCUT2D eigenvalue weighted by Gasteiger charge is -2.43. The van der Waals surface area contributed by atoms with E-state index in [4.69, 9.17) is 4.74 Å². The van der Waals surface area contributed by atoms with Gasteiger partial charge in [0.2, 0.25) is 0 Å². The molecule has 0 unspecified atom stereocenters. The number of nitrogens with zero attached hydrogens (tertiary/aromatic N) is 3. The van der Waals surface area contributed by atoms with Gasteiger partial charge in [-0.25, -0.2) is 25.6 Å². The number of halogens is 3. The van der Waals surface area contributed by atoms with Crippen LogP contribution in [0.3, 0.4) is 0 Å². The van der Waals surface area contributed by atoms with Gasteiger partial charge in [0.15, 0.2) is 0 Å². The molecule has 0 amide bonds. The molecule has 2 fully saturated rings. The Balaban J connectivity index is 1.57. The Morgan fingerprint density at radius 2 is 1.72 bits per heavy atom. The van der Waals surface area contributed by atoms with Crippen molar-refractivity contribution >= 4 is 26.6 Å². The van der Waals surface area contributed by atoms with Crippen LogP contribution in [0.4, 0.5) is 18.9 Å². The lowest BCUT2D eigenvalue weighted by Crippen LogP contribution is -2.56. The summed E-state index contributed by atoms with van der Waals surface area (Å²) < 4.78 is 74.2. The molecule has 3 aromatic rings. The van der Waals surface area contributed by atoms with Gasteiger partial charge < -0.3 is 9.64 Å². The highest BCUT2D eigenvalue weighted by Gasteiger charge is 2.31. The fourth-order valence-corrected chi connectivity index (χ4v) is 5.80. The van der Waals surface area contributed by atoms with Crippen molar-refractivity contribution < 1.29 is 26.3 Å². The molecular weight excluding hydrogens is 443 g/mol. The van der Waals surface area contributed by atoms with E-state index in [1.807, 2.05) is 4.90 Å². The molecule has 6 nitrogen and oxygen atoms in total. The van der Waals surface area contributed by atoms with Crippen LogP contribution in [0, 0.1) is 5.82 Å². The van der Waals surface area contributed by atoms with Crippen LogP contribution in [0.15, 0.2) is 53.6 Å². The largest absolute Gasteiger partial charge is 0.378 e. The van der Waals surface area contributed by atoms with Gasteiger partial charge in [-0.3, -0.25) is 4.90 Å². The maximum atomic E-state index is 14.0. The van der Waals surface area contributed by atoms with Crippen LogP contribution in [-0.4, -0.2) is 62.7 Å². The van der Waals surface area contributed by atoms with Crippen molar-refractivity contribution in [3.05, 3.63) is 60.0 Å². The van der Waals surface area contributed by atoms with Gasteiger partial charge in [0.1, 0.15) is 5.82 Å². The van der Waals surface area contributed by atoms with Gasteiger partial charge in [-0.05, 0) is 30.3 Å². The van der Waals surface area contributed by atoms with Crippen LogP contribution >= 0.6 is 0 Å². The van der Waals surface area contributed by atoms with Gasteiger partial charge >= 0.3 is 0 Å². The zero-order valence-corrected chi connectivity index (χ0v) is 17.9. The average Bonchev–Trinajstić information content (AvgIpc) is 3.14. The zero-order valence-electron chi connectivity index (χ0n) is 17.1. The average molecular weight is 465 g/mol. The Labute approximate surface area is 183 Å². The molecule has 3 heterocycles. The van der Waals surface area contributed by atoms with Gasteiger partial charge in [-0.2, -0.15) is 0 Å². The summed E-state index contributed by atoms with van der Waals surface area (Å²) in [7, 11) is -4.26. The monoisotopic (exact) mass is 465 g/mol. The van der Waals surface area contributed by atoms with Crippen LogP contribution < -0.4 is 4.90 Å². The fraction of sp³-hybridized carbons (Fsp3) is 0.364. The highest BCUT2D eigenvalue weighted by Crippen LogP contribution is 2.38. The minimum Gasteiger partial charge on any atom is -0.378 e. The van der Waals surface area contributed by atoms with Crippen molar-refractivity contribution in [2.75, 3.05) is 44.3 Å². The molecule has 2 aromatic carbocycles. The van der Waals surface area contributed by atoms with Crippen LogP contribution in [0.1, 0.15) is 12.0 Å². The smallest absolute Gasteiger partial charge is 0.268 e. The number of anilines is 1. The molecule has 170 valence electrons. The number of ether oxygens (including phenoxy) is 1. The number of piperazine rings is 1. The molecule has 5 rings (SSSR count). The third-order valence-corrected chi connectivity index (χ3v) is 7.85. The third-order valence-electron chi connectivity index (χ3n) is 6.18. The van der Waals surface area contributed by atoms with Gasteiger partial charge in [0, 0.05) is 49.0 Å². The van der Waals surface area contributed by atoms with Gasteiger partial charge in [-0.1, -0.05) is 12.1 Å². The second-order valence-electron chi connectivity index (χ2n) is 8.03. The molecule has 0 N–H and O–H groups in total. The maximum Gasteiger partial charge on any atom is 0.268 e. The minimum atomic E-state index is -4.26. The van der Waals surface area contributed by atoms with Crippen molar-refractivity contribution in [3.63, 3.8) is 0 Å². The number of hydrogen-bond donors (Lipinski definition) is 0. The van der Waals surface area contributed by atoms with E-state index in [1.54, 1.807) is 12.1 Å². The minimum absolute atomic E-state index is 0.150. The lowest BCUT2D eigenvalue weighted by molar-refractivity contribution is -0.0660. The van der Waals surface area contributed by atoms with Crippen molar-refractivity contribution in [2.24, 2.45) is 0 Å². The van der Waals surface area contributed by atoms with E-state index in [0.717, 1.165) is 35.4 Å². The highest BCUT2D eigenvalue weighted by molar-refractivity contribution is 7.90. The second kappa shape index (κ2) is 8.09. The Kier molecular flexibility index (Phi) is 5.39. The Morgan fingerprint density at radius 3 is 2.34 bits per heavy atom. The van der Waals surface area contributed by atoms with Crippen LogP contribution in [0.5, 0.6) is 0 Å². The quantitative estimate of drug-likeness (QED) is 0.578. The number of rotatable bonds is 5. The van der Waals surface area contributed by atoms with E-state index in [0.29, 0.717) is 38.0 Å². The highest BCUT2D eigenvalue weighted by atomic mass is 32.2. The van der Waals surface area contributed by atoms with Crippen LogP contribution in [-0.2, 0) is 14.8 Å². The SMILES string of the molecule is O=S(=O)(c1cccc(F)c1)n1cc(C(F)F)c2c(N3CCN(C4COC4)CC3)cccc21. The maximum absolute atomic E-state index is 14.0. The predicted molar refractivity (Wildman–Crippen MR) is 114 cm³/mol. The molecule has 0 atom stereocenters. The van der Waals surface area contributed by atoms with E-state index >= 15 is 0 Å². The zero-order chi connectivity index (χ0) is 22.5. The Bertz CT molecular complexity index is 1250. The van der Waals surface area contributed by atoms with Crippen LogP contribution in [0.2, 0.25) is 0 Å². The molecule has 2 aliphatic rings. The molecule has 32 heavy (non-hydrogen) atoms. The summed E-state index contributed by atoms with van der Waals surface area (Å²) in [6.45, 7) is 4.26. The summed E-state index contributed by atoms with van der Waals surface area (Å²) in [5.74, 6) is -0.716. The summed E-state index contributed by atoms with van der Waals surface area (Å²) in [5, 5.41) is 0.211. The Morgan fingerprint density at radius 1 is 1.00 bits per heavy atom. The van der Waals surface area contributed by atoms with Crippen molar-refractivity contribution in [1.82, 2.24) is 8.87 Å². The number of aromatic nitrogens is 1. The van der Waals surface area contributed by atoms with Gasteiger partial charge in [0.25, 0.3) is 16.4 Å². The number of alkyl halides is 2. The number of hydrogen-bond acceptors (Lipinski definition) is 5. The van der Waals surface area contributed by atoms with Crippen molar-refractivity contribution in [3.8, 4) is 0 Å². The molecule has 2 saturated heterocycles. The number of benzene rings is 2. The second-order valence-corrected chi connectivity index (χ2v) is 9.84. The molecule has 0 radical (unpaired) electrons. The molecule has 0 spiro atoms. The molecule has 1 aromatic heterocycles. The van der Waals surface area contributed by atoms with E-state index in [-0.39, 0.29) is 21.4 Å². The standard InChI is InChI=1S/C22H22F3N3O3S/c23-15-3-1-4-17(11-15)32(29,30)28-12-18(22(24)25)21-19(5-2-6-20(21)28)27-9-7-26(8-10-27)16-13-31-14-16/h1-6,11-12,16,22H,7-10,13-14H2. The summed E-state index contributed by atoms with van der Waals surface area (Å²) in [6, 6.07) is 9.86. The van der Waals surface area contributed by atoms with Gasteiger partial charge in [0.05, 0.1) is 29.7 Å². The summed E-state index contributed by atoms with van der Waals surface area (Å²) >= 11 is 0. The summed E-state index contributed by atoms with van der Waals surface area (Å²) in [4.78, 5) is 4.05. The topological polar surface area (TPSA) is 54.8 Å². The molecule has 0 aliphatic carbocycles. The molecular formula is C22H22F3N3O3S. The summed E-state index contributed by atoms with van der Waals surface area (Å²) in [5.41, 5.74) is 0.373. The molecule has 2 aliphatic heterocycles. The van der Waals surface area contributed by atoms with E-state index in [2.05, 4.69) is 4.90 Å². The molecule has 0 saturated carbocycles. The van der Waals surface area contributed by atoms with Crippen molar-refractivity contribution in [1.29, 1.82) is 0 Å². The van der Waals surface area contributed by atoms with Crippen LogP contribution in [0.25, 0.3) is 10.9 Å². The van der Waals surface area contributed by atoms with E-state index in [9.17, 15) is 21.6 Å². The van der Waals surface area contributed by atoms with E-state index in [1.165, 1.54) is 18.2 Å². The summed E-state index contributed by atoms with van der Waals surface area (Å²) in [6.07, 6.45) is -1.91. The normalized spacial score (nSPS) is 18.4.